The molecule has 0 unspecified atom stereocenters. The second-order valence-electron chi connectivity index (χ2n) is 3.42. The highest BCUT2D eigenvalue weighted by molar-refractivity contribution is 9.10. The lowest BCUT2D eigenvalue weighted by Crippen LogP contribution is -2.22. The summed E-state index contributed by atoms with van der Waals surface area (Å²) in [6.45, 7) is 0. The van der Waals surface area contributed by atoms with Crippen LogP contribution in [0.2, 0.25) is 0 Å². The summed E-state index contributed by atoms with van der Waals surface area (Å²) in [5.41, 5.74) is 0.871. The van der Waals surface area contributed by atoms with Gasteiger partial charge in [-0.25, -0.2) is 8.42 Å². The summed E-state index contributed by atoms with van der Waals surface area (Å²) >= 11 is 3.18. The number of hydrogen-bond acceptors (Lipinski definition) is 4. The van der Waals surface area contributed by atoms with Crippen LogP contribution in [-0.4, -0.2) is 26.3 Å². The van der Waals surface area contributed by atoms with E-state index in [2.05, 4.69) is 21.2 Å². The van der Waals surface area contributed by atoms with Gasteiger partial charge >= 0.3 is 0 Å². The van der Waals surface area contributed by atoms with Gasteiger partial charge in [0.05, 0.1) is 17.3 Å². The molecule has 0 saturated carbocycles. The average molecular weight is 317 g/mol. The van der Waals surface area contributed by atoms with Crippen molar-refractivity contribution >= 4 is 37.4 Å². The minimum Gasteiger partial charge on any atom is -0.324 e. The fraction of sp³-hybridized carbons (Fsp3) is 0.200. The van der Waals surface area contributed by atoms with E-state index in [0.717, 1.165) is 6.26 Å². The Morgan fingerprint density at radius 3 is 2.65 bits per heavy atom. The normalized spacial score (nSPS) is 10.6. The van der Waals surface area contributed by atoms with Gasteiger partial charge in [-0.2, -0.15) is 5.26 Å². The monoisotopic (exact) mass is 316 g/mol. The lowest BCUT2D eigenvalue weighted by Gasteiger charge is -2.06. The van der Waals surface area contributed by atoms with E-state index in [-0.39, 0.29) is 0 Å². The molecule has 0 bridgehead atoms. The van der Waals surface area contributed by atoms with Crippen molar-refractivity contribution in [3.63, 3.8) is 0 Å². The number of carbonyl (C=O) groups is 1. The second kappa shape index (κ2) is 5.29. The van der Waals surface area contributed by atoms with E-state index in [4.69, 9.17) is 5.26 Å². The minimum atomic E-state index is -3.35. The molecule has 1 amide bonds. The summed E-state index contributed by atoms with van der Waals surface area (Å²) in [5.74, 6) is -1.18. The summed E-state index contributed by atoms with van der Waals surface area (Å²) in [7, 11) is -3.35. The number of amides is 1. The van der Waals surface area contributed by atoms with E-state index in [0.29, 0.717) is 15.7 Å². The van der Waals surface area contributed by atoms with E-state index in [1.807, 2.05) is 6.07 Å². The first-order chi connectivity index (χ1) is 7.81. The number of nitrogens with one attached hydrogen (secondary N) is 1. The molecule has 0 heterocycles. The standard InChI is InChI=1S/C10H9BrN2O3S/c1-17(15,16)6-10(14)13-9-3-2-7(5-12)4-8(9)11/h2-4H,6H2,1H3,(H,13,14). The predicted molar refractivity (Wildman–Crippen MR) is 67.2 cm³/mol. The van der Waals surface area contributed by atoms with Gasteiger partial charge in [0.2, 0.25) is 5.91 Å². The van der Waals surface area contributed by atoms with Crippen molar-refractivity contribution < 1.29 is 13.2 Å². The van der Waals surface area contributed by atoms with Crippen molar-refractivity contribution in [3.05, 3.63) is 28.2 Å². The molecule has 0 atom stereocenters. The molecule has 0 spiro atoms. The number of benzene rings is 1. The SMILES string of the molecule is CS(=O)(=O)CC(=O)Nc1ccc(C#N)cc1Br. The first-order valence-corrected chi connectivity index (χ1v) is 7.34. The Morgan fingerprint density at radius 2 is 2.18 bits per heavy atom. The van der Waals surface area contributed by atoms with Crippen molar-refractivity contribution in [3.8, 4) is 6.07 Å². The largest absolute Gasteiger partial charge is 0.324 e. The smallest absolute Gasteiger partial charge is 0.239 e. The number of rotatable bonds is 3. The molecule has 0 aliphatic carbocycles. The molecule has 1 rings (SSSR count). The maximum absolute atomic E-state index is 11.4. The zero-order valence-electron chi connectivity index (χ0n) is 8.90. The number of nitriles is 1. The predicted octanol–water partition coefficient (Wildman–Crippen LogP) is 1.30. The van der Waals surface area contributed by atoms with Gasteiger partial charge in [0.1, 0.15) is 5.75 Å². The first-order valence-electron chi connectivity index (χ1n) is 4.49. The molecule has 0 radical (unpaired) electrons. The molecule has 0 fully saturated rings. The Bertz CT molecular complexity index is 590. The first kappa shape index (κ1) is 13.7. The van der Waals surface area contributed by atoms with Crippen LogP contribution in [-0.2, 0) is 14.6 Å². The van der Waals surface area contributed by atoms with Crippen molar-refractivity contribution in [1.82, 2.24) is 0 Å². The summed E-state index contributed by atoms with van der Waals surface area (Å²) < 4.78 is 22.3. The molecular weight excluding hydrogens is 308 g/mol. The third-order valence-electron chi connectivity index (χ3n) is 1.77. The van der Waals surface area contributed by atoms with Gasteiger partial charge in [-0.15, -0.1) is 0 Å². The molecule has 7 heteroatoms. The Kier molecular flexibility index (Phi) is 4.26. The number of nitrogens with zero attached hydrogens (tertiary/aromatic N) is 1. The lowest BCUT2D eigenvalue weighted by molar-refractivity contribution is -0.113. The molecule has 90 valence electrons. The molecule has 17 heavy (non-hydrogen) atoms. The lowest BCUT2D eigenvalue weighted by atomic mass is 10.2. The van der Waals surface area contributed by atoms with Gasteiger partial charge in [-0.3, -0.25) is 4.79 Å². The van der Waals surface area contributed by atoms with Crippen LogP contribution in [0, 0.1) is 11.3 Å². The topological polar surface area (TPSA) is 87.0 Å². The van der Waals surface area contributed by atoms with Crippen LogP contribution in [0.5, 0.6) is 0 Å². The Labute approximate surface area is 107 Å². The Balaban J connectivity index is 2.83. The van der Waals surface area contributed by atoms with E-state index in [9.17, 15) is 13.2 Å². The summed E-state index contributed by atoms with van der Waals surface area (Å²) in [5, 5.41) is 11.1. The quantitative estimate of drug-likeness (QED) is 0.910. The van der Waals surface area contributed by atoms with Crippen LogP contribution in [0.15, 0.2) is 22.7 Å². The molecule has 0 aliphatic rings. The molecule has 1 aromatic carbocycles. The van der Waals surface area contributed by atoms with Crippen LogP contribution in [0.1, 0.15) is 5.56 Å². The van der Waals surface area contributed by atoms with E-state index in [1.165, 1.54) is 18.2 Å². The van der Waals surface area contributed by atoms with Crippen LogP contribution >= 0.6 is 15.9 Å². The molecular formula is C10H9BrN2O3S. The van der Waals surface area contributed by atoms with E-state index >= 15 is 0 Å². The fourth-order valence-electron chi connectivity index (χ4n) is 1.11. The van der Waals surface area contributed by atoms with Gasteiger partial charge in [-0.05, 0) is 34.1 Å². The van der Waals surface area contributed by atoms with Crippen LogP contribution in [0.25, 0.3) is 0 Å². The van der Waals surface area contributed by atoms with E-state index < -0.39 is 21.5 Å². The summed E-state index contributed by atoms with van der Waals surface area (Å²) in [6, 6.07) is 6.54. The highest BCUT2D eigenvalue weighted by atomic mass is 79.9. The van der Waals surface area contributed by atoms with Gasteiger partial charge in [-0.1, -0.05) is 0 Å². The van der Waals surface area contributed by atoms with Crippen molar-refractivity contribution in [2.24, 2.45) is 0 Å². The van der Waals surface area contributed by atoms with E-state index in [1.54, 1.807) is 0 Å². The van der Waals surface area contributed by atoms with Crippen LogP contribution < -0.4 is 5.32 Å². The average Bonchev–Trinajstić information content (AvgIpc) is 2.18. The Hall–Kier alpha value is -1.39. The third-order valence-corrected chi connectivity index (χ3v) is 3.21. The van der Waals surface area contributed by atoms with Gasteiger partial charge < -0.3 is 5.32 Å². The van der Waals surface area contributed by atoms with Gasteiger partial charge in [0, 0.05) is 10.7 Å². The maximum Gasteiger partial charge on any atom is 0.239 e. The number of carbonyl (C=O) groups excluding carboxylic acids is 1. The number of anilines is 1. The van der Waals surface area contributed by atoms with Crippen molar-refractivity contribution in [2.45, 2.75) is 0 Å². The van der Waals surface area contributed by atoms with Gasteiger partial charge in [0.15, 0.2) is 9.84 Å². The highest BCUT2D eigenvalue weighted by Crippen LogP contribution is 2.23. The molecule has 5 nitrogen and oxygen atoms in total. The number of hydrogen-bond donors (Lipinski definition) is 1. The number of halogens is 1. The minimum absolute atomic E-state index is 0.428. The molecule has 0 saturated heterocycles. The van der Waals surface area contributed by atoms with Crippen LogP contribution in [0.4, 0.5) is 5.69 Å². The maximum atomic E-state index is 11.4. The molecule has 1 aromatic rings. The number of sulfone groups is 1. The van der Waals surface area contributed by atoms with Crippen molar-refractivity contribution in [1.29, 1.82) is 5.26 Å². The zero-order chi connectivity index (χ0) is 13.1. The fourth-order valence-corrected chi connectivity index (χ4v) is 2.14. The van der Waals surface area contributed by atoms with Crippen LogP contribution in [0.3, 0.4) is 0 Å². The summed E-state index contributed by atoms with van der Waals surface area (Å²) in [4.78, 5) is 11.4. The summed E-state index contributed by atoms with van der Waals surface area (Å²) in [6.07, 6.45) is 0.987. The molecule has 0 aromatic heterocycles. The van der Waals surface area contributed by atoms with Gasteiger partial charge in [0.25, 0.3) is 0 Å². The second-order valence-corrected chi connectivity index (χ2v) is 6.42. The van der Waals surface area contributed by atoms with Crippen molar-refractivity contribution in [2.75, 3.05) is 17.3 Å². The molecule has 0 aliphatic heterocycles. The zero-order valence-corrected chi connectivity index (χ0v) is 11.3. The third kappa shape index (κ3) is 4.54. The Morgan fingerprint density at radius 1 is 1.53 bits per heavy atom. The highest BCUT2D eigenvalue weighted by Gasteiger charge is 2.12. The molecule has 1 N–H and O–H groups in total.